The number of amides is 2. The Hall–Kier alpha value is -1.20. The van der Waals surface area contributed by atoms with Crippen LogP contribution in [0.4, 0.5) is 8.78 Å². The van der Waals surface area contributed by atoms with Gasteiger partial charge in [0, 0.05) is 32.1 Å². The summed E-state index contributed by atoms with van der Waals surface area (Å²) in [5.74, 6) is 0.141. The van der Waals surface area contributed by atoms with Gasteiger partial charge in [0.2, 0.25) is 11.8 Å². The maximum absolute atomic E-state index is 13.0. The summed E-state index contributed by atoms with van der Waals surface area (Å²) in [7, 11) is 0. The number of likely N-dealkylation sites (tertiary alicyclic amines) is 2. The van der Waals surface area contributed by atoms with Crippen LogP contribution in [0.1, 0.15) is 46.5 Å². The summed E-state index contributed by atoms with van der Waals surface area (Å²) in [5.41, 5.74) is -1.65. The van der Waals surface area contributed by atoms with Crippen molar-refractivity contribution in [1.29, 1.82) is 0 Å². The molecule has 0 bridgehead atoms. The van der Waals surface area contributed by atoms with Crippen molar-refractivity contribution in [3.8, 4) is 0 Å². The first kappa shape index (κ1) is 18.1. The van der Waals surface area contributed by atoms with Crippen molar-refractivity contribution in [2.24, 2.45) is 17.3 Å². The number of hydrogen-bond acceptors (Lipinski definition) is 2. The highest BCUT2D eigenvalue weighted by Crippen LogP contribution is 2.30. The number of hydrogen-bond donors (Lipinski definition) is 0. The lowest BCUT2D eigenvalue weighted by molar-refractivity contribution is -0.152. The van der Waals surface area contributed by atoms with Crippen LogP contribution in [0.25, 0.3) is 0 Å². The van der Waals surface area contributed by atoms with Crippen LogP contribution in [0.3, 0.4) is 0 Å². The summed E-state index contributed by atoms with van der Waals surface area (Å²) in [6.45, 7) is 7.16. The van der Waals surface area contributed by atoms with Gasteiger partial charge in [0.1, 0.15) is 5.41 Å². The number of halogens is 2. The number of rotatable bonds is 3. The monoisotopic (exact) mass is 330 g/mol. The maximum Gasteiger partial charge on any atom is 0.252 e. The molecule has 0 aromatic rings. The number of alkyl halides is 2. The molecule has 0 aliphatic carbocycles. The zero-order chi connectivity index (χ0) is 17.2. The second-order valence-electron chi connectivity index (χ2n) is 7.62. The van der Waals surface area contributed by atoms with Gasteiger partial charge in [-0.15, -0.1) is 0 Å². The summed E-state index contributed by atoms with van der Waals surface area (Å²) in [5, 5.41) is 0. The molecule has 0 spiro atoms. The van der Waals surface area contributed by atoms with E-state index in [-0.39, 0.29) is 11.8 Å². The normalized spacial score (nSPS) is 24.2. The summed E-state index contributed by atoms with van der Waals surface area (Å²) in [6, 6.07) is 0. The third-order valence-corrected chi connectivity index (χ3v) is 5.20. The summed E-state index contributed by atoms with van der Waals surface area (Å²) >= 11 is 0. The number of nitrogens with zero attached hydrogens (tertiary/aromatic N) is 2. The molecule has 2 heterocycles. The van der Waals surface area contributed by atoms with Gasteiger partial charge in [0.25, 0.3) is 6.43 Å². The zero-order valence-corrected chi connectivity index (χ0v) is 14.4. The van der Waals surface area contributed by atoms with Crippen LogP contribution in [-0.4, -0.2) is 54.2 Å². The second-order valence-corrected chi connectivity index (χ2v) is 7.62. The van der Waals surface area contributed by atoms with Gasteiger partial charge in [-0.3, -0.25) is 9.59 Å². The minimum Gasteiger partial charge on any atom is -0.342 e. The predicted octanol–water partition coefficient (Wildman–Crippen LogP) is 2.77. The highest BCUT2D eigenvalue weighted by atomic mass is 19.3. The molecule has 0 radical (unpaired) electrons. The molecule has 132 valence electrons. The molecule has 0 aromatic heterocycles. The molecule has 23 heavy (non-hydrogen) atoms. The number of carbonyl (C=O) groups is 2. The summed E-state index contributed by atoms with van der Waals surface area (Å²) in [4.78, 5) is 28.3. The van der Waals surface area contributed by atoms with Crippen LogP contribution >= 0.6 is 0 Å². The minimum absolute atomic E-state index is 0.0704. The molecule has 4 nitrogen and oxygen atoms in total. The number of carbonyl (C=O) groups excluding carboxylic acids is 2. The van der Waals surface area contributed by atoms with E-state index in [1.807, 2.05) is 4.90 Å². The van der Waals surface area contributed by atoms with Gasteiger partial charge in [-0.05, 0) is 45.4 Å². The quantitative estimate of drug-likeness (QED) is 0.798. The molecule has 2 aliphatic rings. The standard InChI is InChI=1S/C17H28F2N2O2/c1-12-5-4-8-21(11-12)14(22)13-6-9-20(10-7-13)16(23)17(2,3)15(18)19/h12-13,15H,4-11H2,1-3H3/t12-/m0/s1. The van der Waals surface area contributed by atoms with Gasteiger partial charge in [-0.25, -0.2) is 8.78 Å². The van der Waals surface area contributed by atoms with E-state index in [0.717, 1.165) is 19.5 Å². The molecule has 6 heteroatoms. The van der Waals surface area contributed by atoms with Crippen molar-refractivity contribution >= 4 is 11.8 Å². The largest absolute Gasteiger partial charge is 0.342 e. The van der Waals surface area contributed by atoms with Gasteiger partial charge in [0.15, 0.2) is 0 Å². The Labute approximate surface area is 137 Å². The maximum atomic E-state index is 13.0. The molecular weight excluding hydrogens is 302 g/mol. The van der Waals surface area contributed by atoms with E-state index in [0.29, 0.717) is 31.8 Å². The first-order valence-electron chi connectivity index (χ1n) is 8.59. The lowest BCUT2D eigenvalue weighted by Crippen LogP contribution is -2.50. The third-order valence-electron chi connectivity index (χ3n) is 5.20. The lowest BCUT2D eigenvalue weighted by atomic mass is 9.88. The fraction of sp³-hybridized carbons (Fsp3) is 0.882. The van der Waals surface area contributed by atoms with Crippen molar-refractivity contribution in [1.82, 2.24) is 9.80 Å². The lowest BCUT2D eigenvalue weighted by Gasteiger charge is -2.39. The Morgan fingerprint density at radius 3 is 2.17 bits per heavy atom. The smallest absolute Gasteiger partial charge is 0.252 e. The Balaban J connectivity index is 1.88. The second kappa shape index (κ2) is 7.14. The average Bonchev–Trinajstić information content (AvgIpc) is 2.53. The Morgan fingerprint density at radius 2 is 1.65 bits per heavy atom. The van der Waals surface area contributed by atoms with Crippen LogP contribution in [0.5, 0.6) is 0 Å². The van der Waals surface area contributed by atoms with E-state index >= 15 is 0 Å². The summed E-state index contributed by atoms with van der Waals surface area (Å²) < 4.78 is 26.0. The first-order chi connectivity index (χ1) is 10.7. The topological polar surface area (TPSA) is 40.6 Å². The van der Waals surface area contributed by atoms with E-state index in [1.54, 1.807) is 0 Å². The molecule has 2 saturated heterocycles. The van der Waals surface area contributed by atoms with E-state index in [4.69, 9.17) is 0 Å². The van der Waals surface area contributed by atoms with Gasteiger partial charge >= 0.3 is 0 Å². The van der Waals surface area contributed by atoms with Crippen molar-refractivity contribution in [3.63, 3.8) is 0 Å². The Morgan fingerprint density at radius 1 is 1.04 bits per heavy atom. The van der Waals surface area contributed by atoms with Crippen LogP contribution < -0.4 is 0 Å². The van der Waals surface area contributed by atoms with E-state index < -0.39 is 17.7 Å². The average molecular weight is 330 g/mol. The first-order valence-corrected chi connectivity index (χ1v) is 8.59. The van der Waals surface area contributed by atoms with Gasteiger partial charge in [-0.1, -0.05) is 6.92 Å². The Bertz CT molecular complexity index is 446. The highest BCUT2D eigenvalue weighted by Gasteiger charge is 2.42. The highest BCUT2D eigenvalue weighted by molar-refractivity contribution is 5.83. The molecule has 0 N–H and O–H groups in total. The molecular formula is C17H28F2N2O2. The predicted molar refractivity (Wildman–Crippen MR) is 84.1 cm³/mol. The Kier molecular flexibility index (Phi) is 5.63. The molecule has 0 saturated carbocycles. The molecule has 2 aliphatic heterocycles. The molecule has 0 aromatic carbocycles. The fourth-order valence-corrected chi connectivity index (χ4v) is 3.48. The molecule has 0 unspecified atom stereocenters. The van der Waals surface area contributed by atoms with E-state index in [2.05, 4.69) is 6.92 Å². The van der Waals surface area contributed by atoms with Crippen molar-refractivity contribution in [2.75, 3.05) is 26.2 Å². The van der Waals surface area contributed by atoms with E-state index in [1.165, 1.54) is 25.2 Å². The SMILES string of the molecule is C[C@H]1CCCN(C(=O)C2CCN(C(=O)C(C)(C)C(F)F)CC2)C1. The van der Waals surface area contributed by atoms with Crippen molar-refractivity contribution < 1.29 is 18.4 Å². The van der Waals surface area contributed by atoms with Crippen LogP contribution in [0.2, 0.25) is 0 Å². The van der Waals surface area contributed by atoms with Crippen LogP contribution in [0.15, 0.2) is 0 Å². The van der Waals surface area contributed by atoms with Crippen molar-refractivity contribution in [2.45, 2.75) is 52.9 Å². The van der Waals surface area contributed by atoms with E-state index in [9.17, 15) is 18.4 Å². The summed E-state index contributed by atoms with van der Waals surface area (Å²) in [6.07, 6.45) is 0.694. The van der Waals surface area contributed by atoms with Crippen LogP contribution in [0, 0.1) is 17.3 Å². The minimum atomic E-state index is -2.68. The van der Waals surface area contributed by atoms with Gasteiger partial charge in [-0.2, -0.15) is 0 Å². The van der Waals surface area contributed by atoms with Gasteiger partial charge < -0.3 is 9.80 Å². The fourth-order valence-electron chi connectivity index (χ4n) is 3.48. The third kappa shape index (κ3) is 4.01. The molecule has 2 fully saturated rings. The van der Waals surface area contributed by atoms with Crippen LogP contribution in [-0.2, 0) is 9.59 Å². The number of piperidine rings is 2. The molecule has 2 rings (SSSR count). The zero-order valence-electron chi connectivity index (χ0n) is 14.4. The van der Waals surface area contributed by atoms with Gasteiger partial charge in [0.05, 0.1) is 0 Å². The van der Waals surface area contributed by atoms with Crippen molar-refractivity contribution in [3.05, 3.63) is 0 Å². The molecule has 1 atom stereocenters. The molecule has 2 amide bonds.